The van der Waals surface area contributed by atoms with Crippen molar-refractivity contribution in [3.63, 3.8) is 0 Å². The van der Waals surface area contributed by atoms with Gasteiger partial charge >= 0.3 is 0 Å². The lowest BCUT2D eigenvalue weighted by atomic mass is 9.96. The molecule has 3 N–H and O–H groups in total. The summed E-state index contributed by atoms with van der Waals surface area (Å²) in [6.45, 7) is 12.8. The molecule has 1 aromatic carbocycles. The van der Waals surface area contributed by atoms with E-state index in [4.69, 9.17) is 5.73 Å². The van der Waals surface area contributed by atoms with Crippen LogP contribution in [0.25, 0.3) is 0 Å². The minimum absolute atomic E-state index is 0.141. The number of rotatable bonds is 6. The lowest BCUT2D eigenvalue weighted by molar-refractivity contribution is 0.370. The summed E-state index contributed by atoms with van der Waals surface area (Å²) in [6, 6.07) is 4.48. The van der Waals surface area contributed by atoms with E-state index in [1.165, 1.54) is 22.3 Å². The summed E-state index contributed by atoms with van der Waals surface area (Å²) in [5.74, 6) is 0. The largest absolute Gasteiger partial charge is 0.330 e. The van der Waals surface area contributed by atoms with E-state index < -0.39 is 0 Å². The van der Waals surface area contributed by atoms with Gasteiger partial charge in [-0.25, -0.2) is 0 Å². The molecule has 0 bridgehead atoms. The molecule has 0 aliphatic carbocycles. The van der Waals surface area contributed by atoms with Gasteiger partial charge < -0.3 is 11.1 Å². The molecule has 0 heterocycles. The van der Waals surface area contributed by atoms with Gasteiger partial charge in [-0.15, -0.1) is 0 Å². The van der Waals surface area contributed by atoms with Crippen molar-refractivity contribution in [2.24, 2.45) is 5.73 Å². The third kappa shape index (κ3) is 4.11. The average molecular weight is 248 g/mol. The summed E-state index contributed by atoms with van der Waals surface area (Å²) in [6.07, 6.45) is 2.10. The van der Waals surface area contributed by atoms with E-state index in [9.17, 15) is 0 Å². The monoisotopic (exact) mass is 248 g/mol. The molecule has 102 valence electrons. The van der Waals surface area contributed by atoms with Crippen LogP contribution >= 0.6 is 0 Å². The molecule has 0 amide bonds. The molecule has 1 aromatic rings. The summed E-state index contributed by atoms with van der Waals surface area (Å²) in [5.41, 5.74) is 11.5. The smallest absolute Gasteiger partial charge is 0.0137 e. The van der Waals surface area contributed by atoms with Crippen LogP contribution in [0.3, 0.4) is 0 Å². The van der Waals surface area contributed by atoms with Crippen LogP contribution in [0.5, 0.6) is 0 Å². The molecule has 0 radical (unpaired) electrons. The molecule has 0 saturated heterocycles. The molecule has 0 aromatic heterocycles. The van der Waals surface area contributed by atoms with E-state index in [1.807, 2.05) is 0 Å². The summed E-state index contributed by atoms with van der Waals surface area (Å²) in [5, 5.41) is 3.59. The zero-order valence-electron chi connectivity index (χ0n) is 12.6. The molecule has 0 atom stereocenters. The molecule has 0 fully saturated rings. The second kappa shape index (κ2) is 6.35. The third-order valence-corrected chi connectivity index (χ3v) is 3.94. The second-order valence-electron chi connectivity index (χ2n) is 5.89. The van der Waals surface area contributed by atoms with E-state index in [0.717, 1.165) is 25.9 Å². The molecule has 1 rings (SSSR count). The minimum atomic E-state index is 0.141. The number of hydrogen-bond donors (Lipinski definition) is 2. The van der Waals surface area contributed by atoms with Crippen molar-refractivity contribution in [3.05, 3.63) is 34.4 Å². The second-order valence-corrected chi connectivity index (χ2v) is 5.89. The van der Waals surface area contributed by atoms with Gasteiger partial charge in [0, 0.05) is 5.54 Å². The van der Waals surface area contributed by atoms with Gasteiger partial charge in [0.05, 0.1) is 0 Å². The molecule has 0 unspecified atom stereocenters. The van der Waals surface area contributed by atoms with E-state index in [-0.39, 0.29) is 5.54 Å². The lowest BCUT2D eigenvalue weighted by Gasteiger charge is -2.26. The Morgan fingerprint density at radius 2 is 1.78 bits per heavy atom. The first-order chi connectivity index (χ1) is 8.37. The van der Waals surface area contributed by atoms with Crippen molar-refractivity contribution in [1.82, 2.24) is 5.32 Å². The van der Waals surface area contributed by atoms with Gasteiger partial charge in [-0.2, -0.15) is 0 Å². The summed E-state index contributed by atoms with van der Waals surface area (Å²) in [4.78, 5) is 0. The van der Waals surface area contributed by atoms with Crippen molar-refractivity contribution < 1.29 is 0 Å². The fourth-order valence-corrected chi connectivity index (χ4v) is 2.27. The quantitative estimate of drug-likeness (QED) is 0.812. The molecule has 0 aliphatic heterocycles. The first-order valence-corrected chi connectivity index (χ1v) is 6.88. The highest BCUT2D eigenvalue weighted by atomic mass is 14.9. The molecule has 0 spiro atoms. The summed E-state index contributed by atoms with van der Waals surface area (Å²) >= 11 is 0. The number of nitrogens with two attached hydrogens (primary N) is 1. The predicted molar refractivity (Wildman–Crippen MR) is 80.1 cm³/mol. The van der Waals surface area contributed by atoms with Gasteiger partial charge in [0.1, 0.15) is 0 Å². The first-order valence-electron chi connectivity index (χ1n) is 6.88. The van der Waals surface area contributed by atoms with Crippen LogP contribution in [0, 0.1) is 20.8 Å². The van der Waals surface area contributed by atoms with Gasteiger partial charge in [-0.05, 0) is 82.8 Å². The van der Waals surface area contributed by atoms with Crippen molar-refractivity contribution in [2.75, 3.05) is 13.1 Å². The Labute approximate surface area is 112 Å². The highest BCUT2D eigenvalue weighted by Gasteiger charge is 2.15. The van der Waals surface area contributed by atoms with Crippen molar-refractivity contribution in [3.8, 4) is 0 Å². The summed E-state index contributed by atoms with van der Waals surface area (Å²) in [7, 11) is 0. The van der Waals surface area contributed by atoms with E-state index in [0.29, 0.717) is 0 Å². The van der Waals surface area contributed by atoms with Crippen LogP contribution < -0.4 is 11.1 Å². The number of benzene rings is 1. The fraction of sp³-hybridized carbons (Fsp3) is 0.625. The van der Waals surface area contributed by atoms with Gasteiger partial charge in [0.15, 0.2) is 0 Å². The average Bonchev–Trinajstić information content (AvgIpc) is 2.29. The standard InChI is InChI=1S/C16H28N2/c1-12-6-7-15(14(3)13(12)2)8-11-18-16(4,5)9-10-17/h6-7,18H,8-11,17H2,1-5H3. The zero-order chi connectivity index (χ0) is 13.8. The normalized spacial score (nSPS) is 11.9. The first kappa shape index (κ1) is 15.2. The zero-order valence-corrected chi connectivity index (χ0v) is 12.6. The SMILES string of the molecule is Cc1ccc(CCNC(C)(C)CCN)c(C)c1C. The Morgan fingerprint density at radius 3 is 2.39 bits per heavy atom. The maximum Gasteiger partial charge on any atom is 0.0137 e. The van der Waals surface area contributed by atoms with Crippen LogP contribution in [0.4, 0.5) is 0 Å². The Morgan fingerprint density at radius 1 is 1.11 bits per heavy atom. The molecular weight excluding hydrogens is 220 g/mol. The Bertz CT molecular complexity index is 394. The summed E-state index contributed by atoms with van der Waals surface area (Å²) < 4.78 is 0. The van der Waals surface area contributed by atoms with E-state index in [2.05, 4.69) is 52.1 Å². The van der Waals surface area contributed by atoms with Gasteiger partial charge in [0.2, 0.25) is 0 Å². The third-order valence-electron chi connectivity index (χ3n) is 3.94. The maximum absolute atomic E-state index is 5.62. The van der Waals surface area contributed by atoms with E-state index in [1.54, 1.807) is 0 Å². The number of aryl methyl sites for hydroxylation is 1. The number of nitrogens with one attached hydrogen (secondary N) is 1. The van der Waals surface area contributed by atoms with Gasteiger partial charge in [-0.1, -0.05) is 12.1 Å². The fourth-order valence-electron chi connectivity index (χ4n) is 2.27. The molecular formula is C16H28N2. The van der Waals surface area contributed by atoms with Crippen molar-refractivity contribution >= 4 is 0 Å². The van der Waals surface area contributed by atoms with Crippen LogP contribution in [-0.4, -0.2) is 18.6 Å². The Hall–Kier alpha value is -0.860. The van der Waals surface area contributed by atoms with E-state index >= 15 is 0 Å². The highest BCUT2D eigenvalue weighted by molar-refractivity contribution is 5.38. The Kier molecular flexibility index (Phi) is 5.36. The van der Waals surface area contributed by atoms with Crippen LogP contribution in [0.1, 0.15) is 42.5 Å². The van der Waals surface area contributed by atoms with Crippen molar-refractivity contribution in [1.29, 1.82) is 0 Å². The van der Waals surface area contributed by atoms with Crippen LogP contribution in [0.2, 0.25) is 0 Å². The Balaban J connectivity index is 2.57. The molecule has 0 saturated carbocycles. The van der Waals surface area contributed by atoms with Crippen LogP contribution in [0.15, 0.2) is 12.1 Å². The van der Waals surface area contributed by atoms with Gasteiger partial charge in [-0.3, -0.25) is 0 Å². The van der Waals surface area contributed by atoms with Crippen molar-refractivity contribution in [2.45, 2.75) is 53.0 Å². The minimum Gasteiger partial charge on any atom is -0.330 e. The van der Waals surface area contributed by atoms with Crippen LogP contribution in [-0.2, 0) is 6.42 Å². The molecule has 0 aliphatic rings. The topological polar surface area (TPSA) is 38.0 Å². The highest BCUT2D eigenvalue weighted by Crippen LogP contribution is 2.17. The predicted octanol–water partition coefficient (Wildman–Crippen LogP) is 2.87. The maximum atomic E-state index is 5.62. The van der Waals surface area contributed by atoms with Gasteiger partial charge in [0.25, 0.3) is 0 Å². The lowest BCUT2D eigenvalue weighted by Crippen LogP contribution is -2.42. The number of hydrogen-bond acceptors (Lipinski definition) is 2. The molecule has 2 heteroatoms. The molecule has 18 heavy (non-hydrogen) atoms. The molecule has 2 nitrogen and oxygen atoms in total.